The van der Waals surface area contributed by atoms with Crippen molar-refractivity contribution in [3.05, 3.63) is 30.6 Å². The summed E-state index contributed by atoms with van der Waals surface area (Å²) in [5, 5.41) is 0. The van der Waals surface area contributed by atoms with Crippen LogP contribution < -0.4 is 4.90 Å². The Balaban J connectivity index is 1.27. The predicted octanol–water partition coefficient (Wildman–Crippen LogP) is 1.63. The minimum absolute atomic E-state index is 0.0677. The Labute approximate surface area is 169 Å². The molecule has 9 nitrogen and oxygen atoms in total. The van der Waals surface area contributed by atoms with Crippen LogP contribution in [0.3, 0.4) is 0 Å². The Morgan fingerprint density at radius 2 is 1.66 bits per heavy atom. The predicted molar refractivity (Wildman–Crippen MR) is 105 cm³/mol. The summed E-state index contributed by atoms with van der Waals surface area (Å²) in [5.74, 6) is 1.09. The Morgan fingerprint density at radius 1 is 0.931 bits per heavy atom. The molecule has 3 aliphatic heterocycles. The Kier molecular flexibility index (Phi) is 4.92. The summed E-state index contributed by atoms with van der Waals surface area (Å²) in [5.41, 5.74) is 0.423. The van der Waals surface area contributed by atoms with E-state index in [2.05, 4.69) is 19.9 Å². The van der Waals surface area contributed by atoms with E-state index in [-0.39, 0.29) is 5.91 Å². The second-order valence-electron chi connectivity index (χ2n) is 7.85. The monoisotopic (exact) mass is 398 g/mol. The largest absolute Gasteiger partial charge is 0.356 e. The SMILES string of the molecule is O=C(c1cn(-c2cc(N3CCCCC3)ncn2)cn1)N1CCC2(CC1)OCCO2. The van der Waals surface area contributed by atoms with E-state index in [0.717, 1.165) is 24.7 Å². The van der Waals surface area contributed by atoms with E-state index in [9.17, 15) is 4.79 Å². The van der Waals surface area contributed by atoms with E-state index in [4.69, 9.17) is 9.47 Å². The molecule has 5 rings (SSSR count). The first-order valence-electron chi connectivity index (χ1n) is 10.4. The first-order chi connectivity index (χ1) is 14.2. The quantitative estimate of drug-likeness (QED) is 0.777. The van der Waals surface area contributed by atoms with Crippen LogP contribution in [0.15, 0.2) is 24.9 Å². The second kappa shape index (κ2) is 7.72. The molecule has 3 aliphatic rings. The van der Waals surface area contributed by atoms with E-state index in [1.165, 1.54) is 19.3 Å². The van der Waals surface area contributed by atoms with Crippen LogP contribution in [-0.2, 0) is 9.47 Å². The van der Waals surface area contributed by atoms with E-state index in [0.29, 0.717) is 44.8 Å². The number of hydrogen-bond donors (Lipinski definition) is 0. The maximum atomic E-state index is 12.9. The highest BCUT2D eigenvalue weighted by atomic mass is 16.7. The molecule has 2 aromatic rings. The second-order valence-corrected chi connectivity index (χ2v) is 7.85. The van der Waals surface area contributed by atoms with E-state index >= 15 is 0 Å². The molecule has 0 N–H and O–H groups in total. The van der Waals surface area contributed by atoms with Crippen LogP contribution in [0.5, 0.6) is 0 Å². The highest BCUT2D eigenvalue weighted by molar-refractivity contribution is 5.92. The van der Waals surface area contributed by atoms with Crippen LogP contribution in [-0.4, -0.2) is 75.5 Å². The number of carbonyl (C=O) groups is 1. The molecule has 0 bridgehead atoms. The Bertz CT molecular complexity index is 863. The van der Waals surface area contributed by atoms with Crippen LogP contribution in [0, 0.1) is 0 Å². The summed E-state index contributed by atoms with van der Waals surface area (Å²) < 4.78 is 13.3. The normalized spacial score (nSPS) is 21.7. The van der Waals surface area contributed by atoms with Gasteiger partial charge in [-0.3, -0.25) is 9.36 Å². The molecule has 2 aromatic heterocycles. The molecule has 3 fully saturated rings. The molecule has 0 radical (unpaired) electrons. The third-order valence-electron chi connectivity index (χ3n) is 6.01. The zero-order valence-electron chi connectivity index (χ0n) is 16.5. The highest BCUT2D eigenvalue weighted by Gasteiger charge is 2.41. The molecule has 0 aliphatic carbocycles. The summed E-state index contributed by atoms with van der Waals surface area (Å²) in [6.45, 7) is 4.53. The average molecular weight is 398 g/mol. The van der Waals surface area contributed by atoms with Crippen molar-refractivity contribution >= 4 is 11.7 Å². The van der Waals surface area contributed by atoms with Crippen LogP contribution in [0.25, 0.3) is 5.82 Å². The first-order valence-corrected chi connectivity index (χ1v) is 10.4. The van der Waals surface area contributed by atoms with Crippen molar-refractivity contribution in [3.8, 4) is 5.82 Å². The number of rotatable bonds is 3. The number of amides is 1. The van der Waals surface area contributed by atoms with Crippen LogP contribution in [0.4, 0.5) is 5.82 Å². The van der Waals surface area contributed by atoms with Gasteiger partial charge in [0.2, 0.25) is 0 Å². The number of imidazole rings is 1. The van der Waals surface area contributed by atoms with Gasteiger partial charge in [-0.15, -0.1) is 0 Å². The van der Waals surface area contributed by atoms with Crippen LogP contribution in [0.1, 0.15) is 42.6 Å². The molecule has 0 unspecified atom stereocenters. The highest BCUT2D eigenvalue weighted by Crippen LogP contribution is 2.31. The number of anilines is 1. The van der Waals surface area contributed by atoms with Crippen LogP contribution in [0.2, 0.25) is 0 Å². The maximum absolute atomic E-state index is 12.9. The molecule has 3 saturated heterocycles. The van der Waals surface area contributed by atoms with Gasteiger partial charge in [0.05, 0.1) is 13.2 Å². The van der Waals surface area contributed by atoms with Crippen molar-refractivity contribution in [1.82, 2.24) is 24.4 Å². The Morgan fingerprint density at radius 3 is 2.41 bits per heavy atom. The zero-order chi connectivity index (χ0) is 19.7. The minimum Gasteiger partial charge on any atom is -0.356 e. The van der Waals surface area contributed by atoms with E-state index < -0.39 is 5.79 Å². The lowest BCUT2D eigenvalue weighted by Gasteiger charge is -2.37. The maximum Gasteiger partial charge on any atom is 0.274 e. The fraction of sp³-hybridized carbons (Fsp3) is 0.600. The van der Waals surface area contributed by atoms with Crippen molar-refractivity contribution < 1.29 is 14.3 Å². The minimum atomic E-state index is -0.484. The van der Waals surface area contributed by atoms with E-state index in [1.807, 2.05) is 11.0 Å². The molecule has 0 aromatic carbocycles. The number of nitrogens with zero attached hydrogens (tertiary/aromatic N) is 6. The van der Waals surface area contributed by atoms with Gasteiger partial charge in [-0.2, -0.15) is 0 Å². The number of carbonyl (C=O) groups excluding carboxylic acids is 1. The van der Waals surface area contributed by atoms with Crippen molar-refractivity contribution in [2.24, 2.45) is 0 Å². The van der Waals surface area contributed by atoms with Gasteiger partial charge in [-0.1, -0.05) is 0 Å². The van der Waals surface area contributed by atoms with Gasteiger partial charge in [-0.25, -0.2) is 15.0 Å². The molecule has 0 atom stereocenters. The van der Waals surface area contributed by atoms with Crippen molar-refractivity contribution in [2.45, 2.75) is 37.9 Å². The first kappa shape index (κ1) is 18.5. The van der Waals surface area contributed by atoms with Crippen molar-refractivity contribution in [1.29, 1.82) is 0 Å². The lowest BCUT2D eigenvalue weighted by molar-refractivity contribution is -0.181. The molecule has 1 amide bonds. The molecule has 0 saturated carbocycles. The van der Waals surface area contributed by atoms with E-state index in [1.54, 1.807) is 23.4 Å². The molecule has 29 heavy (non-hydrogen) atoms. The molecule has 5 heterocycles. The summed E-state index contributed by atoms with van der Waals surface area (Å²) in [6, 6.07) is 1.96. The van der Waals surface area contributed by atoms with Gasteiger partial charge in [0.15, 0.2) is 5.79 Å². The van der Waals surface area contributed by atoms with Crippen LogP contribution >= 0.6 is 0 Å². The van der Waals surface area contributed by atoms with Gasteiger partial charge in [0.25, 0.3) is 5.91 Å². The number of hydrogen-bond acceptors (Lipinski definition) is 7. The molecule has 1 spiro atoms. The zero-order valence-corrected chi connectivity index (χ0v) is 16.5. The van der Waals surface area contributed by atoms with Gasteiger partial charge >= 0.3 is 0 Å². The standard InChI is InChI=1S/C20H26N6O3/c27-19(25-8-4-20(5-9-25)28-10-11-29-20)16-13-26(15-23-16)18-12-17(21-14-22-18)24-6-2-1-3-7-24/h12-15H,1-11H2. The molecular formula is C20H26N6O3. The third-order valence-corrected chi connectivity index (χ3v) is 6.01. The lowest BCUT2D eigenvalue weighted by Crippen LogP contribution is -2.47. The molecular weight excluding hydrogens is 372 g/mol. The number of ether oxygens (including phenoxy) is 2. The molecule has 9 heteroatoms. The summed E-state index contributed by atoms with van der Waals surface area (Å²) >= 11 is 0. The number of aromatic nitrogens is 4. The topological polar surface area (TPSA) is 85.6 Å². The summed E-state index contributed by atoms with van der Waals surface area (Å²) in [7, 11) is 0. The molecule has 154 valence electrons. The lowest BCUT2D eigenvalue weighted by atomic mass is 10.0. The number of piperidine rings is 2. The van der Waals surface area contributed by atoms with Crippen molar-refractivity contribution in [3.63, 3.8) is 0 Å². The third kappa shape index (κ3) is 3.72. The Hall–Kier alpha value is -2.52. The van der Waals surface area contributed by atoms with Gasteiger partial charge in [0, 0.05) is 51.3 Å². The fourth-order valence-electron chi connectivity index (χ4n) is 4.33. The number of likely N-dealkylation sites (tertiary alicyclic amines) is 1. The fourth-order valence-corrected chi connectivity index (χ4v) is 4.33. The summed E-state index contributed by atoms with van der Waals surface area (Å²) in [6.07, 6.45) is 10.0. The van der Waals surface area contributed by atoms with Gasteiger partial charge in [0.1, 0.15) is 30.0 Å². The van der Waals surface area contributed by atoms with Gasteiger partial charge in [-0.05, 0) is 19.3 Å². The average Bonchev–Trinajstić information content (AvgIpc) is 3.45. The van der Waals surface area contributed by atoms with Gasteiger partial charge < -0.3 is 19.3 Å². The smallest absolute Gasteiger partial charge is 0.274 e. The van der Waals surface area contributed by atoms with Crippen molar-refractivity contribution in [2.75, 3.05) is 44.3 Å². The summed E-state index contributed by atoms with van der Waals surface area (Å²) in [4.78, 5) is 30.1.